The van der Waals surface area contributed by atoms with E-state index in [-0.39, 0.29) is 5.13 Å². The number of halogens is 3. The van der Waals surface area contributed by atoms with Crippen molar-refractivity contribution in [2.75, 3.05) is 11.9 Å². The average Bonchev–Trinajstić information content (AvgIpc) is 2.60. The Hall–Kier alpha value is -1.29. The first kappa shape index (κ1) is 11.8. The van der Waals surface area contributed by atoms with Gasteiger partial charge in [0.25, 0.3) is 0 Å². The second-order valence-corrected chi connectivity index (χ2v) is 3.28. The molecule has 0 aliphatic heterocycles. The number of alkyl halides is 3. The van der Waals surface area contributed by atoms with E-state index in [9.17, 15) is 13.2 Å². The first-order chi connectivity index (χ1) is 7.04. The minimum atomic E-state index is -4.47. The highest BCUT2D eigenvalue weighted by Gasteiger charge is 2.35. The van der Waals surface area contributed by atoms with E-state index in [1.54, 1.807) is 6.92 Å². The molecule has 1 rings (SSSR count). The summed E-state index contributed by atoms with van der Waals surface area (Å²) in [5.41, 5.74) is 0. The van der Waals surface area contributed by atoms with Crippen LogP contribution in [0.1, 0.15) is 19.2 Å². The lowest BCUT2D eigenvalue weighted by Crippen LogP contribution is -2.08. The van der Waals surface area contributed by atoms with E-state index in [0.29, 0.717) is 24.5 Å². The van der Waals surface area contributed by atoms with Gasteiger partial charge in [0.05, 0.1) is 0 Å². The molecule has 0 aromatic carbocycles. The predicted molar refractivity (Wildman–Crippen MR) is 51.5 cm³/mol. The van der Waals surface area contributed by atoms with E-state index < -0.39 is 12.0 Å². The molecule has 1 N–H and O–H groups in total. The molecule has 82 valence electrons. The number of hydrogen-bond donors (Lipinski definition) is 1. The van der Waals surface area contributed by atoms with Crippen LogP contribution in [0.4, 0.5) is 18.3 Å². The lowest BCUT2D eigenvalue weighted by Gasteiger charge is -1.98. The first-order valence-corrected chi connectivity index (χ1v) is 4.85. The number of hydrogen-bond acceptors (Lipinski definition) is 4. The molecule has 7 heteroatoms. The monoisotopic (exact) mass is 235 g/mol. The molecule has 0 radical (unpaired) electrons. The molecule has 3 nitrogen and oxygen atoms in total. The Balaban J connectivity index is 2.49. The Morgan fingerprint density at radius 2 is 2.20 bits per heavy atom. The van der Waals surface area contributed by atoms with Crippen molar-refractivity contribution in [3.63, 3.8) is 0 Å². The topological polar surface area (TPSA) is 37.8 Å². The molecule has 1 heterocycles. The maximum Gasteiger partial charge on any atom is 0.452 e. The lowest BCUT2D eigenvalue weighted by molar-refractivity contribution is -0.144. The summed E-state index contributed by atoms with van der Waals surface area (Å²) in [7, 11) is 0. The molecule has 0 saturated heterocycles. The molecule has 0 aliphatic rings. The van der Waals surface area contributed by atoms with Gasteiger partial charge < -0.3 is 5.32 Å². The number of aromatic nitrogens is 2. The first-order valence-electron chi connectivity index (χ1n) is 4.08. The van der Waals surface area contributed by atoms with E-state index in [1.165, 1.54) is 0 Å². The van der Waals surface area contributed by atoms with Gasteiger partial charge in [0.15, 0.2) is 0 Å². The van der Waals surface area contributed by atoms with Crippen LogP contribution < -0.4 is 5.32 Å². The molecule has 0 unspecified atom stereocenters. The fourth-order valence-corrected chi connectivity index (χ4v) is 1.38. The summed E-state index contributed by atoms with van der Waals surface area (Å²) in [5, 5.41) is 2.88. The summed E-state index contributed by atoms with van der Waals surface area (Å²) < 4.78 is 39.4. The fourth-order valence-electron chi connectivity index (χ4n) is 0.767. The summed E-state index contributed by atoms with van der Waals surface area (Å²) in [6, 6.07) is 0. The Morgan fingerprint density at radius 1 is 1.47 bits per heavy atom. The number of nitrogens with zero attached hydrogens (tertiary/aromatic N) is 2. The van der Waals surface area contributed by atoms with Crippen molar-refractivity contribution in [3.8, 4) is 11.8 Å². The van der Waals surface area contributed by atoms with Crippen LogP contribution in [0.25, 0.3) is 0 Å². The smallest absolute Gasteiger partial charge is 0.359 e. The normalized spacial score (nSPS) is 10.7. The Morgan fingerprint density at radius 3 is 2.73 bits per heavy atom. The predicted octanol–water partition coefficient (Wildman–Crippen LogP) is 2.38. The largest absolute Gasteiger partial charge is 0.452 e. The molecular weight excluding hydrogens is 227 g/mol. The van der Waals surface area contributed by atoms with E-state index in [1.807, 2.05) is 0 Å². The van der Waals surface area contributed by atoms with Gasteiger partial charge in [-0.15, -0.1) is 11.8 Å². The molecule has 0 amide bonds. The zero-order valence-electron chi connectivity index (χ0n) is 7.85. The van der Waals surface area contributed by atoms with Crippen molar-refractivity contribution >= 4 is 16.7 Å². The van der Waals surface area contributed by atoms with Crippen LogP contribution in [0.2, 0.25) is 0 Å². The SMILES string of the molecule is CC#CCCNc1nc(C(F)(F)F)ns1. The van der Waals surface area contributed by atoms with Gasteiger partial charge in [-0.3, -0.25) is 0 Å². The van der Waals surface area contributed by atoms with Crippen molar-refractivity contribution in [3.05, 3.63) is 5.82 Å². The quantitative estimate of drug-likeness (QED) is 0.645. The second-order valence-electron chi connectivity index (χ2n) is 2.52. The summed E-state index contributed by atoms with van der Waals surface area (Å²) in [5.74, 6) is 4.36. The van der Waals surface area contributed by atoms with Crippen molar-refractivity contribution in [2.45, 2.75) is 19.5 Å². The molecular formula is C8H8F3N3S. The highest BCUT2D eigenvalue weighted by molar-refractivity contribution is 7.09. The van der Waals surface area contributed by atoms with Crippen LogP contribution in [0, 0.1) is 11.8 Å². The Kier molecular flexibility index (Phi) is 3.91. The zero-order chi connectivity index (χ0) is 11.3. The van der Waals surface area contributed by atoms with Crippen molar-refractivity contribution < 1.29 is 13.2 Å². The van der Waals surface area contributed by atoms with E-state index in [2.05, 4.69) is 26.5 Å². The number of rotatable bonds is 3. The molecule has 1 aromatic rings. The zero-order valence-corrected chi connectivity index (χ0v) is 8.67. The van der Waals surface area contributed by atoms with Gasteiger partial charge in [0.1, 0.15) is 0 Å². The third-order valence-electron chi connectivity index (χ3n) is 1.38. The van der Waals surface area contributed by atoms with Crippen LogP contribution >= 0.6 is 11.5 Å². The van der Waals surface area contributed by atoms with Crippen LogP contribution in [0.3, 0.4) is 0 Å². The van der Waals surface area contributed by atoms with Gasteiger partial charge in [0, 0.05) is 24.5 Å². The van der Waals surface area contributed by atoms with Crippen LogP contribution in [-0.4, -0.2) is 15.9 Å². The van der Waals surface area contributed by atoms with Gasteiger partial charge in [0.2, 0.25) is 11.0 Å². The fraction of sp³-hybridized carbons (Fsp3) is 0.500. The summed E-state index contributed by atoms with van der Waals surface area (Å²) in [6.45, 7) is 2.17. The molecule has 15 heavy (non-hydrogen) atoms. The highest BCUT2D eigenvalue weighted by Crippen LogP contribution is 2.28. The van der Waals surface area contributed by atoms with E-state index in [0.717, 1.165) is 0 Å². The molecule has 0 bridgehead atoms. The van der Waals surface area contributed by atoms with Gasteiger partial charge in [-0.25, -0.2) is 0 Å². The minimum absolute atomic E-state index is 0.167. The Bertz CT molecular complexity index is 374. The van der Waals surface area contributed by atoms with Crippen LogP contribution in [-0.2, 0) is 6.18 Å². The third kappa shape index (κ3) is 3.75. The van der Waals surface area contributed by atoms with Gasteiger partial charge in [-0.05, 0) is 6.92 Å². The van der Waals surface area contributed by atoms with Gasteiger partial charge in [-0.2, -0.15) is 22.5 Å². The van der Waals surface area contributed by atoms with E-state index in [4.69, 9.17) is 0 Å². The van der Waals surface area contributed by atoms with Gasteiger partial charge in [-0.1, -0.05) is 0 Å². The number of anilines is 1. The number of nitrogens with one attached hydrogen (secondary N) is 1. The average molecular weight is 235 g/mol. The molecule has 1 aromatic heterocycles. The third-order valence-corrected chi connectivity index (χ3v) is 2.06. The summed E-state index contributed by atoms with van der Waals surface area (Å²) in [4.78, 5) is 3.30. The van der Waals surface area contributed by atoms with Crippen molar-refractivity contribution in [1.29, 1.82) is 0 Å². The second kappa shape index (κ2) is 4.98. The maximum absolute atomic E-state index is 12.1. The highest BCUT2D eigenvalue weighted by atomic mass is 32.1. The molecule has 0 aliphatic carbocycles. The van der Waals surface area contributed by atoms with Crippen LogP contribution in [0.15, 0.2) is 0 Å². The summed E-state index contributed by atoms with van der Waals surface area (Å²) in [6.07, 6.45) is -3.91. The lowest BCUT2D eigenvalue weighted by atomic mass is 10.4. The van der Waals surface area contributed by atoms with Crippen molar-refractivity contribution in [2.24, 2.45) is 0 Å². The van der Waals surface area contributed by atoms with Crippen LogP contribution in [0.5, 0.6) is 0 Å². The molecule has 0 atom stereocenters. The molecule has 0 saturated carbocycles. The summed E-state index contributed by atoms with van der Waals surface area (Å²) >= 11 is 0.694. The molecule has 0 spiro atoms. The van der Waals surface area contributed by atoms with Crippen molar-refractivity contribution in [1.82, 2.24) is 9.36 Å². The standard InChI is InChI=1S/C8H8F3N3S/c1-2-3-4-5-12-7-13-6(14-15-7)8(9,10)11/h4-5H2,1H3,(H,12,13,14). The van der Waals surface area contributed by atoms with Gasteiger partial charge >= 0.3 is 6.18 Å². The maximum atomic E-state index is 12.1. The Labute approximate surface area is 88.9 Å². The van der Waals surface area contributed by atoms with E-state index >= 15 is 0 Å². The molecule has 0 fully saturated rings. The minimum Gasteiger partial charge on any atom is -0.359 e.